The van der Waals surface area contributed by atoms with Crippen molar-refractivity contribution >= 4 is 11.6 Å². The summed E-state index contributed by atoms with van der Waals surface area (Å²) in [5.74, 6) is 0.668. The van der Waals surface area contributed by atoms with Crippen LogP contribution in [0.1, 0.15) is 19.8 Å². The zero-order valence-corrected chi connectivity index (χ0v) is 7.80. The van der Waals surface area contributed by atoms with E-state index in [1.807, 2.05) is 6.92 Å². The summed E-state index contributed by atoms with van der Waals surface area (Å²) >= 11 is 5.62. The van der Waals surface area contributed by atoms with Gasteiger partial charge in [0.05, 0.1) is 12.7 Å². The molecule has 1 atom stereocenters. The fourth-order valence-electron chi connectivity index (χ4n) is 1.27. The van der Waals surface area contributed by atoms with E-state index in [1.165, 1.54) is 0 Å². The third kappa shape index (κ3) is 2.97. The average Bonchev–Trinajstić information content (AvgIpc) is 1.84. The van der Waals surface area contributed by atoms with Crippen LogP contribution in [0.4, 0.5) is 0 Å². The molecule has 0 saturated heterocycles. The molecule has 1 aliphatic rings. The molecule has 0 aliphatic heterocycles. The number of hydrogen-bond acceptors (Lipinski definition) is 2. The lowest BCUT2D eigenvalue weighted by Crippen LogP contribution is -2.33. The maximum atomic E-state index is 5.62. The van der Waals surface area contributed by atoms with E-state index < -0.39 is 0 Å². The maximum absolute atomic E-state index is 5.62. The van der Waals surface area contributed by atoms with Gasteiger partial charge in [-0.2, -0.15) is 0 Å². The van der Waals surface area contributed by atoms with Crippen molar-refractivity contribution in [2.24, 2.45) is 5.92 Å². The quantitative estimate of drug-likeness (QED) is 0.614. The van der Waals surface area contributed by atoms with Crippen molar-refractivity contribution in [2.45, 2.75) is 31.4 Å². The monoisotopic (exact) mass is 178 g/mol. The van der Waals surface area contributed by atoms with Crippen LogP contribution in [0.3, 0.4) is 0 Å². The summed E-state index contributed by atoms with van der Waals surface area (Å²) in [6, 6.07) is 0. The summed E-state index contributed by atoms with van der Waals surface area (Å²) in [6.45, 7) is 2.62. The van der Waals surface area contributed by atoms with Gasteiger partial charge in [0.2, 0.25) is 0 Å². The van der Waals surface area contributed by atoms with Gasteiger partial charge in [-0.3, -0.25) is 0 Å². The Bertz CT molecular complexity index is 111. The molecule has 0 spiro atoms. The number of ether oxygens (including phenoxy) is 2. The highest BCUT2D eigenvalue weighted by molar-refractivity contribution is 6.19. The summed E-state index contributed by atoms with van der Waals surface area (Å²) in [7, 11) is 1.76. The molecule has 0 aromatic carbocycles. The second-order valence-electron chi connectivity index (χ2n) is 3.07. The molecule has 0 aromatic heterocycles. The highest BCUT2D eigenvalue weighted by Gasteiger charge is 2.29. The molecule has 1 fully saturated rings. The predicted molar refractivity (Wildman–Crippen MR) is 44.8 cm³/mol. The van der Waals surface area contributed by atoms with E-state index in [1.54, 1.807) is 7.11 Å². The highest BCUT2D eigenvalue weighted by Crippen LogP contribution is 2.29. The molecule has 0 heterocycles. The Kier molecular flexibility index (Phi) is 3.63. The van der Waals surface area contributed by atoms with E-state index in [4.69, 9.17) is 21.1 Å². The predicted octanol–water partition coefficient (Wildman–Crippen LogP) is 2.01. The molecule has 1 rings (SSSR count). The van der Waals surface area contributed by atoms with Crippen LogP contribution in [-0.2, 0) is 9.47 Å². The van der Waals surface area contributed by atoms with E-state index in [0.29, 0.717) is 12.0 Å². The molecule has 11 heavy (non-hydrogen) atoms. The first-order valence-electron chi connectivity index (χ1n) is 4.01. The van der Waals surface area contributed by atoms with Gasteiger partial charge in [0.15, 0.2) is 0 Å². The average molecular weight is 179 g/mol. The Balaban J connectivity index is 1.96. The Labute approximate surface area is 72.8 Å². The van der Waals surface area contributed by atoms with Crippen LogP contribution in [0.25, 0.3) is 0 Å². The smallest absolute Gasteiger partial charge is 0.128 e. The number of halogens is 1. The molecule has 0 bridgehead atoms. The summed E-state index contributed by atoms with van der Waals surface area (Å²) < 4.78 is 10.4. The molecule has 0 amide bonds. The van der Waals surface area contributed by atoms with E-state index in [2.05, 4.69) is 0 Å². The molecule has 0 radical (unpaired) electrons. The van der Waals surface area contributed by atoms with E-state index in [0.717, 1.165) is 19.4 Å². The molecule has 1 aliphatic carbocycles. The normalized spacial score (nSPS) is 33.0. The number of methoxy groups -OCH3 is 1. The lowest BCUT2D eigenvalue weighted by atomic mass is 9.83. The SMILES string of the molecule is COC1CC(COC(C)Cl)C1. The van der Waals surface area contributed by atoms with Crippen LogP contribution in [0.2, 0.25) is 0 Å². The minimum absolute atomic E-state index is 0.156. The lowest BCUT2D eigenvalue weighted by molar-refractivity contribution is -0.0376. The first kappa shape index (κ1) is 9.30. The molecular formula is C8H15ClO2. The molecule has 66 valence electrons. The Morgan fingerprint density at radius 1 is 1.55 bits per heavy atom. The van der Waals surface area contributed by atoms with Crippen molar-refractivity contribution in [3.05, 3.63) is 0 Å². The zero-order chi connectivity index (χ0) is 8.27. The Hall–Kier alpha value is 0.210. The second kappa shape index (κ2) is 4.29. The summed E-state index contributed by atoms with van der Waals surface area (Å²) in [5, 5.41) is 0. The van der Waals surface area contributed by atoms with E-state index in [-0.39, 0.29) is 5.56 Å². The van der Waals surface area contributed by atoms with Crippen molar-refractivity contribution in [3.63, 3.8) is 0 Å². The fourth-order valence-corrected chi connectivity index (χ4v) is 1.34. The lowest BCUT2D eigenvalue weighted by Gasteiger charge is -2.33. The van der Waals surface area contributed by atoms with Gasteiger partial charge in [0, 0.05) is 7.11 Å². The highest BCUT2D eigenvalue weighted by atomic mass is 35.5. The van der Waals surface area contributed by atoms with Gasteiger partial charge >= 0.3 is 0 Å². The van der Waals surface area contributed by atoms with E-state index >= 15 is 0 Å². The van der Waals surface area contributed by atoms with Crippen molar-refractivity contribution in [3.8, 4) is 0 Å². The van der Waals surface area contributed by atoms with Gasteiger partial charge in [0.1, 0.15) is 5.56 Å². The topological polar surface area (TPSA) is 18.5 Å². The van der Waals surface area contributed by atoms with Gasteiger partial charge in [-0.15, -0.1) is 0 Å². The van der Waals surface area contributed by atoms with Crippen LogP contribution >= 0.6 is 11.6 Å². The van der Waals surface area contributed by atoms with Crippen molar-refractivity contribution < 1.29 is 9.47 Å². The molecule has 1 unspecified atom stereocenters. The first-order valence-corrected chi connectivity index (χ1v) is 4.44. The van der Waals surface area contributed by atoms with Gasteiger partial charge in [-0.25, -0.2) is 0 Å². The van der Waals surface area contributed by atoms with Crippen LogP contribution in [0, 0.1) is 5.92 Å². The number of alkyl halides is 1. The van der Waals surface area contributed by atoms with Crippen LogP contribution in [-0.4, -0.2) is 25.4 Å². The van der Waals surface area contributed by atoms with Crippen LogP contribution in [0.15, 0.2) is 0 Å². The Morgan fingerprint density at radius 2 is 2.18 bits per heavy atom. The second-order valence-corrected chi connectivity index (χ2v) is 3.69. The molecular weight excluding hydrogens is 164 g/mol. The summed E-state index contributed by atoms with van der Waals surface area (Å²) in [5.41, 5.74) is -0.156. The van der Waals surface area contributed by atoms with Gasteiger partial charge in [-0.1, -0.05) is 11.6 Å². The minimum Gasteiger partial charge on any atom is -0.381 e. The van der Waals surface area contributed by atoms with Crippen molar-refractivity contribution in [1.29, 1.82) is 0 Å². The van der Waals surface area contributed by atoms with Gasteiger partial charge in [-0.05, 0) is 25.7 Å². The van der Waals surface area contributed by atoms with E-state index in [9.17, 15) is 0 Å². The van der Waals surface area contributed by atoms with Crippen molar-refractivity contribution in [2.75, 3.05) is 13.7 Å². The Morgan fingerprint density at radius 3 is 2.64 bits per heavy atom. The third-order valence-electron chi connectivity index (χ3n) is 2.09. The largest absolute Gasteiger partial charge is 0.381 e. The zero-order valence-electron chi connectivity index (χ0n) is 7.05. The first-order chi connectivity index (χ1) is 5.22. The number of hydrogen-bond donors (Lipinski definition) is 0. The molecule has 0 aromatic rings. The standard InChI is InChI=1S/C8H15ClO2/c1-6(9)11-5-7-3-8(4-7)10-2/h6-8H,3-5H2,1-2H3. The molecule has 2 nitrogen and oxygen atoms in total. The third-order valence-corrected chi connectivity index (χ3v) is 2.21. The number of rotatable bonds is 4. The van der Waals surface area contributed by atoms with Gasteiger partial charge < -0.3 is 9.47 Å². The molecule has 0 N–H and O–H groups in total. The minimum atomic E-state index is -0.156. The van der Waals surface area contributed by atoms with Gasteiger partial charge in [0.25, 0.3) is 0 Å². The summed E-state index contributed by atoms with van der Waals surface area (Å²) in [6.07, 6.45) is 2.72. The molecule has 1 saturated carbocycles. The molecule has 3 heteroatoms. The maximum Gasteiger partial charge on any atom is 0.128 e. The van der Waals surface area contributed by atoms with Crippen LogP contribution < -0.4 is 0 Å². The fraction of sp³-hybridized carbons (Fsp3) is 1.00. The van der Waals surface area contributed by atoms with Crippen LogP contribution in [0.5, 0.6) is 0 Å². The summed E-state index contributed by atoms with van der Waals surface area (Å²) in [4.78, 5) is 0. The van der Waals surface area contributed by atoms with Crippen molar-refractivity contribution in [1.82, 2.24) is 0 Å².